The van der Waals surface area contributed by atoms with E-state index in [4.69, 9.17) is 4.74 Å². The first-order chi connectivity index (χ1) is 17.4. The van der Waals surface area contributed by atoms with Crippen LogP contribution in [0.25, 0.3) is 22.0 Å². The summed E-state index contributed by atoms with van der Waals surface area (Å²) in [5.74, 6) is -0.418. The van der Waals surface area contributed by atoms with Crippen molar-refractivity contribution in [3.63, 3.8) is 0 Å². The summed E-state index contributed by atoms with van der Waals surface area (Å²) in [6.45, 7) is 0. The Kier molecular flexibility index (Phi) is 5.85. The van der Waals surface area contributed by atoms with Crippen LogP contribution < -0.4 is 0 Å². The molecule has 1 aromatic heterocycles. The lowest BCUT2D eigenvalue weighted by Gasteiger charge is -2.12. The highest BCUT2D eigenvalue weighted by molar-refractivity contribution is 6.13. The van der Waals surface area contributed by atoms with Crippen LogP contribution in [0.1, 0.15) is 34.5 Å². The Bertz CT molecular complexity index is 1540. The fourth-order valence-electron chi connectivity index (χ4n) is 4.22. The van der Waals surface area contributed by atoms with E-state index in [0.717, 1.165) is 46.1 Å². The van der Waals surface area contributed by atoms with Crippen molar-refractivity contribution in [2.75, 3.05) is 7.11 Å². The highest BCUT2D eigenvalue weighted by Crippen LogP contribution is 2.48. The molecular weight excluding hydrogens is 458 g/mol. The number of methoxy groups -OCH3 is 1. The van der Waals surface area contributed by atoms with Crippen LogP contribution in [-0.2, 0) is 14.9 Å². The number of aromatic nitrogens is 1. The Morgan fingerprint density at radius 2 is 1.69 bits per heavy atom. The molecule has 1 saturated carbocycles. The van der Waals surface area contributed by atoms with Gasteiger partial charge in [0.1, 0.15) is 5.41 Å². The largest absolute Gasteiger partial charge is 0.468 e. The van der Waals surface area contributed by atoms with E-state index in [-0.39, 0.29) is 17.6 Å². The third-order valence-corrected chi connectivity index (χ3v) is 6.43. The normalized spacial score (nSPS) is 14.5. The van der Waals surface area contributed by atoms with E-state index in [2.05, 4.69) is 9.98 Å². The Labute approximate surface area is 206 Å². The Morgan fingerprint density at radius 1 is 0.972 bits per heavy atom. The van der Waals surface area contributed by atoms with Gasteiger partial charge in [-0.1, -0.05) is 36.4 Å². The molecule has 6 rings (SSSR count). The van der Waals surface area contributed by atoms with Gasteiger partial charge in [0.2, 0.25) is 0 Å². The second-order valence-corrected chi connectivity index (χ2v) is 8.63. The Morgan fingerprint density at radius 3 is 2.39 bits per heavy atom. The lowest BCUT2D eigenvalue weighted by Crippen LogP contribution is -2.23. The van der Waals surface area contributed by atoms with Crippen molar-refractivity contribution in [2.45, 2.75) is 18.3 Å². The van der Waals surface area contributed by atoms with Gasteiger partial charge < -0.3 is 4.74 Å². The maximum absolute atomic E-state index is 11.8. The molecule has 0 saturated heterocycles. The molecule has 1 amide bonds. The molecule has 0 radical (unpaired) electrons. The van der Waals surface area contributed by atoms with Crippen molar-refractivity contribution in [2.24, 2.45) is 4.99 Å². The lowest BCUT2D eigenvalue weighted by atomic mass is 10.00. The van der Waals surface area contributed by atoms with Gasteiger partial charge >= 0.3 is 5.97 Å². The number of nitro groups is 1. The first-order valence-electron chi connectivity index (χ1n) is 11.3. The van der Waals surface area contributed by atoms with Crippen molar-refractivity contribution in [1.29, 1.82) is 0 Å². The Hall–Kier alpha value is -4.72. The highest BCUT2D eigenvalue weighted by atomic mass is 16.6. The monoisotopic (exact) mass is 479 g/mol. The zero-order chi connectivity index (χ0) is 25.3. The van der Waals surface area contributed by atoms with Crippen LogP contribution >= 0.6 is 0 Å². The zero-order valence-corrected chi connectivity index (χ0v) is 19.4. The summed E-state index contributed by atoms with van der Waals surface area (Å²) < 4.78 is 4.87. The fourth-order valence-corrected chi connectivity index (χ4v) is 4.22. The van der Waals surface area contributed by atoms with Gasteiger partial charge in [0, 0.05) is 29.3 Å². The minimum atomic E-state index is -0.473. The van der Waals surface area contributed by atoms with Crippen molar-refractivity contribution >= 4 is 34.7 Å². The number of nitrogens with zero attached hydrogens (tertiary/aromatic N) is 3. The molecule has 0 unspecified atom stereocenters. The van der Waals surface area contributed by atoms with E-state index in [1.165, 1.54) is 25.5 Å². The molecule has 1 fully saturated rings. The molecule has 0 spiro atoms. The standard InChI is InChI=1S/C14H8N2O3.C14H13NO2/c17-14-13-7-10(1-2-11(13)8-15-14)9-3-5-12(6-4-9)16(18)19;1-17-13(16)14(8-9-14)12-7-6-10-4-2-3-5-11(10)15-12/h1-8H;2-7H,8-9H2,1H3. The van der Waals surface area contributed by atoms with Crippen molar-refractivity contribution < 1.29 is 19.2 Å². The van der Waals surface area contributed by atoms with Crippen molar-refractivity contribution in [3.8, 4) is 11.1 Å². The number of para-hydroxylation sites is 1. The van der Waals surface area contributed by atoms with E-state index >= 15 is 0 Å². The molecule has 2 heterocycles. The van der Waals surface area contributed by atoms with Gasteiger partial charge in [-0.3, -0.25) is 24.7 Å². The van der Waals surface area contributed by atoms with Crippen LogP contribution in [0.5, 0.6) is 0 Å². The molecule has 36 heavy (non-hydrogen) atoms. The summed E-state index contributed by atoms with van der Waals surface area (Å²) in [6, 6.07) is 23.5. The number of fused-ring (bicyclic) bond motifs is 2. The van der Waals surface area contributed by atoms with Crippen LogP contribution in [0.15, 0.2) is 83.9 Å². The maximum Gasteiger partial charge on any atom is 0.317 e. The third-order valence-electron chi connectivity index (χ3n) is 6.43. The van der Waals surface area contributed by atoms with Crippen LogP contribution in [0.2, 0.25) is 0 Å². The summed E-state index contributed by atoms with van der Waals surface area (Å²) in [4.78, 5) is 41.7. The number of carbonyl (C=O) groups excluding carboxylic acids is 2. The van der Waals surface area contributed by atoms with Crippen molar-refractivity contribution in [1.82, 2.24) is 4.98 Å². The number of ether oxygens (including phenoxy) is 1. The molecule has 2 aliphatic rings. The number of hydrogen-bond acceptors (Lipinski definition) is 6. The summed E-state index contributed by atoms with van der Waals surface area (Å²) in [5.41, 5.74) is 4.37. The molecule has 0 N–H and O–H groups in total. The molecule has 8 nitrogen and oxygen atoms in total. The third kappa shape index (κ3) is 4.24. The Balaban J connectivity index is 0.000000149. The SMILES string of the molecule is COC(=O)C1(c2ccc3ccccc3n2)CC1.O=C1N=Cc2ccc(-c3ccc([N+](=O)[O-])cc3)cc21. The van der Waals surface area contributed by atoms with E-state index in [1.54, 1.807) is 18.2 Å². The average molecular weight is 479 g/mol. The van der Waals surface area contributed by atoms with Gasteiger partial charge in [0.15, 0.2) is 0 Å². The molecule has 4 aromatic rings. The molecule has 1 aliphatic heterocycles. The van der Waals surface area contributed by atoms with Crippen LogP contribution in [-0.4, -0.2) is 35.1 Å². The number of hydrogen-bond donors (Lipinski definition) is 0. The topological polar surface area (TPSA) is 112 Å². The molecule has 0 atom stereocenters. The summed E-state index contributed by atoms with van der Waals surface area (Å²) in [6.07, 6.45) is 3.22. The summed E-state index contributed by atoms with van der Waals surface area (Å²) in [7, 11) is 1.43. The van der Waals surface area contributed by atoms with Gasteiger partial charge in [-0.05, 0) is 54.3 Å². The summed E-state index contributed by atoms with van der Waals surface area (Å²) in [5, 5.41) is 11.7. The molecule has 8 heteroatoms. The number of aliphatic imine (C=N–C) groups is 1. The number of carbonyl (C=O) groups is 2. The predicted molar refractivity (Wildman–Crippen MR) is 135 cm³/mol. The van der Waals surface area contributed by atoms with Gasteiger partial charge in [-0.15, -0.1) is 0 Å². The van der Waals surface area contributed by atoms with E-state index in [9.17, 15) is 19.7 Å². The van der Waals surface area contributed by atoms with E-state index in [1.807, 2.05) is 48.5 Å². The van der Waals surface area contributed by atoms with E-state index in [0.29, 0.717) is 5.56 Å². The lowest BCUT2D eigenvalue weighted by molar-refractivity contribution is -0.384. The van der Waals surface area contributed by atoms with Gasteiger partial charge in [-0.2, -0.15) is 0 Å². The minimum absolute atomic E-state index is 0.0457. The zero-order valence-electron chi connectivity index (χ0n) is 19.4. The van der Waals surface area contributed by atoms with Gasteiger partial charge in [0.05, 0.1) is 28.8 Å². The highest BCUT2D eigenvalue weighted by Gasteiger charge is 2.53. The van der Waals surface area contributed by atoms with Crippen LogP contribution in [0.3, 0.4) is 0 Å². The molecular formula is C28H21N3O5. The number of benzene rings is 3. The van der Waals surface area contributed by atoms with Crippen molar-refractivity contribution in [3.05, 3.63) is 106 Å². The summed E-state index contributed by atoms with van der Waals surface area (Å²) >= 11 is 0. The number of esters is 1. The molecule has 178 valence electrons. The minimum Gasteiger partial charge on any atom is -0.468 e. The molecule has 3 aromatic carbocycles. The average Bonchev–Trinajstić information content (AvgIpc) is 3.66. The van der Waals surface area contributed by atoms with Crippen LogP contribution in [0.4, 0.5) is 5.69 Å². The first-order valence-corrected chi connectivity index (χ1v) is 11.3. The maximum atomic E-state index is 11.8. The number of amides is 1. The second-order valence-electron chi connectivity index (χ2n) is 8.63. The van der Waals surface area contributed by atoms with Crippen LogP contribution in [0, 0.1) is 10.1 Å². The van der Waals surface area contributed by atoms with Gasteiger partial charge in [-0.25, -0.2) is 4.99 Å². The van der Waals surface area contributed by atoms with E-state index < -0.39 is 10.3 Å². The molecule has 1 aliphatic carbocycles. The number of nitro benzene ring substituents is 1. The number of rotatable bonds is 4. The first kappa shape index (κ1) is 23.0. The quantitative estimate of drug-likeness (QED) is 0.224. The second kappa shape index (κ2) is 9.14. The predicted octanol–water partition coefficient (Wildman–Crippen LogP) is 5.27. The molecule has 0 bridgehead atoms. The number of pyridine rings is 1. The smallest absolute Gasteiger partial charge is 0.317 e. The fraction of sp³-hybridized carbons (Fsp3) is 0.143. The number of non-ortho nitro benzene ring substituents is 1. The van der Waals surface area contributed by atoms with Gasteiger partial charge in [0.25, 0.3) is 11.6 Å².